The molecule has 0 unspecified atom stereocenters. The van der Waals surface area contributed by atoms with Gasteiger partial charge in [-0.15, -0.1) is 10.2 Å². The van der Waals surface area contributed by atoms with Crippen LogP contribution in [0.15, 0.2) is 52.6 Å². The number of aliphatic imine (C=N–C) groups is 1. The summed E-state index contributed by atoms with van der Waals surface area (Å²) >= 11 is 14.8. The number of halogens is 2. The zero-order valence-electron chi connectivity index (χ0n) is 20.0. The minimum absolute atomic E-state index is 0.210. The van der Waals surface area contributed by atoms with E-state index in [-0.39, 0.29) is 12.4 Å². The highest BCUT2D eigenvalue weighted by Crippen LogP contribution is 2.37. The van der Waals surface area contributed by atoms with Crippen molar-refractivity contribution in [2.24, 2.45) is 4.99 Å². The van der Waals surface area contributed by atoms with Crippen LogP contribution in [0.5, 0.6) is 0 Å². The fourth-order valence-corrected chi connectivity index (χ4v) is 6.03. The summed E-state index contributed by atoms with van der Waals surface area (Å²) in [6.07, 6.45) is 3.17. The van der Waals surface area contributed by atoms with Gasteiger partial charge in [-0.05, 0) is 56.6 Å². The molecule has 188 valence electrons. The lowest BCUT2D eigenvalue weighted by Gasteiger charge is -2.16. The van der Waals surface area contributed by atoms with Crippen molar-refractivity contribution in [3.8, 4) is 5.69 Å². The first-order valence-corrected chi connectivity index (χ1v) is 13.8. The Kier molecular flexibility index (Phi) is 7.96. The molecule has 3 heterocycles. The fourth-order valence-electron chi connectivity index (χ4n) is 4.68. The third-order valence-corrected chi connectivity index (χ3v) is 7.99. The molecule has 0 spiro atoms. The zero-order chi connectivity index (χ0) is 25.1. The molecule has 0 N–H and O–H groups in total. The SMILES string of the molecule is COC(=O)CC[C@@H]1N=C(c2ccccc2Cl)c2cc(Cl)ccc2-n2c(SCCN3CCCC3)nnc21. The quantitative estimate of drug-likeness (QED) is 0.271. The molecule has 7 nitrogen and oxygen atoms in total. The third-order valence-electron chi connectivity index (χ3n) is 6.51. The molecular formula is C26H27Cl2N5O2S. The Morgan fingerprint density at radius 2 is 1.92 bits per heavy atom. The second kappa shape index (κ2) is 11.3. The summed E-state index contributed by atoms with van der Waals surface area (Å²) < 4.78 is 6.96. The summed E-state index contributed by atoms with van der Waals surface area (Å²) in [4.78, 5) is 19.6. The van der Waals surface area contributed by atoms with Crippen LogP contribution in [0.3, 0.4) is 0 Å². The smallest absolute Gasteiger partial charge is 0.305 e. The van der Waals surface area contributed by atoms with Crippen LogP contribution in [0.4, 0.5) is 0 Å². The van der Waals surface area contributed by atoms with Crippen LogP contribution >= 0.6 is 35.0 Å². The number of nitrogens with zero attached hydrogens (tertiary/aromatic N) is 5. The number of carbonyl (C=O) groups is 1. The Balaban J connectivity index is 1.59. The Labute approximate surface area is 224 Å². The van der Waals surface area contributed by atoms with E-state index >= 15 is 0 Å². The molecule has 0 amide bonds. The maximum atomic E-state index is 12.0. The van der Waals surface area contributed by atoms with Crippen LogP contribution in [0.2, 0.25) is 10.0 Å². The fraction of sp³-hybridized carbons (Fsp3) is 0.385. The molecule has 2 aromatic carbocycles. The first-order chi connectivity index (χ1) is 17.5. The van der Waals surface area contributed by atoms with Crippen molar-refractivity contribution in [2.45, 2.75) is 36.9 Å². The van der Waals surface area contributed by atoms with E-state index in [0.29, 0.717) is 28.0 Å². The van der Waals surface area contributed by atoms with Gasteiger partial charge in [0, 0.05) is 39.9 Å². The predicted octanol–water partition coefficient (Wildman–Crippen LogP) is 5.61. The van der Waals surface area contributed by atoms with Crippen molar-refractivity contribution >= 4 is 46.6 Å². The predicted molar refractivity (Wildman–Crippen MR) is 144 cm³/mol. The van der Waals surface area contributed by atoms with E-state index < -0.39 is 6.04 Å². The number of thioether (sulfide) groups is 1. The Bertz CT molecular complexity index is 1290. The summed E-state index contributed by atoms with van der Waals surface area (Å²) in [7, 11) is 1.39. The van der Waals surface area contributed by atoms with Gasteiger partial charge < -0.3 is 9.64 Å². The Morgan fingerprint density at radius 1 is 1.11 bits per heavy atom. The minimum atomic E-state index is -0.415. The van der Waals surface area contributed by atoms with Gasteiger partial charge >= 0.3 is 5.97 Å². The van der Waals surface area contributed by atoms with E-state index in [1.807, 2.05) is 42.5 Å². The topological polar surface area (TPSA) is 72.6 Å². The molecule has 0 bridgehead atoms. The van der Waals surface area contributed by atoms with E-state index in [2.05, 4.69) is 19.7 Å². The summed E-state index contributed by atoms with van der Waals surface area (Å²) in [6.45, 7) is 3.32. The Morgan fingerprint density at radius 3 is 2.69 bits per heavy atom. The molecular weight excluding hydrogens is 517 g/mol. The third kappa shape index (κ3) is 5.32. The average Bonchev–Trinajstić information content (AvgIpc) is 3.53. The van der Waals surface area contributed by atoms with Crippen LogP contribution in [0, 0.1) is 0 Å². The molecule has 36 heavy (non-hydrogen) atoms. The van der Waals surface area contributed by atoms with Gasteiger partial charge in [-0.2, -0.15) is 0 Å². The van der Waals surface area contributed by atoms with Crippen molar-refractivity contribution in [2.75, 3.05) is 32.5 Å². The first kappa shape index (κ1) is 25.3. The molecule has 0 aliphatic carbocycles. The second-order valence-corrected chi connectivity index (χ2v) is 10.7. The number of esters is 1. The lowest BCUT2D eigenvalue weighted by atomic mass is 10.00. The average molecular weight is 545 g/mol. The number of methoxy groups -OCH3 is 1. The highest BCUT2D eigenvalue weighted by molar-refractivity contribution is 7.99. The highest BCUT2D eigenvalue weighted by Gasteiger charge is 2.30. The van der Waals surface area contributed by atoms with Crippen molar-refractivity contribution in [1.82, 2.24) is 19.7 Å². The van der Waals surface area contributed by atoms with Crippen LogP contribution < -0.4 is 0 Å². The number of hydrogen-bond donors (Lipinski definition) is 0. The molecule has 1 atom stereocenters. The van der Waals surface area contributed by atoms with Crippen molar-refractivity contribution in [3.63, 3.8) is 0 Å². The normalized spacial score (nSPS) is 17.3. The maximum Gasteiger partial charge on any atom is 0.305 e. The van der Waals surface area contributed by atoms with Crippen molar-refractivity contribution in [1.29, 1.82) is 0 Å². The van der Waals surface area contributed by atoms with Gasteiger partial charge in [-0.25, -0.2) is 0 Å². The van der Waals surface area contributed by atoms with E-state index in [4.69, 9.17) is 32.9 Å². The van der Waals surface area contributed by atoms with Crippen molar-refractivity contribution in [3.05, 3.63) is 69.5 Å². The summed E-state index contributed by atoms with van der Waals surface area (Å²) in [6, 6.07) is 12.9. The van der Waals surface area contributed by atoms with Crippen LogP contribution in [-0.2, 0) is 9.53 Å². The molecule has 0 radical (unpaired) electrons. The summed E-state index contributed by atoms with van der Waals surface area (Å²) in [5.74, 6) is 1.31. The van der Waals surface area contributed by atoms with Crippen LogP contribution in [-0.4, -0.2) is 63.8 Å². The molecule has 10 heteroatoms. The molecule has 2 aliphatic heterocycles. The molecule has 1 aromatic heterocycles. The zero-order valence-corrected chi connectivity index (χ0v) is 22.3. The van der Waals surface area contributed by atoms with E-state index in [1.54, 1.807) is 11.8 Å². The number of ether oxygens (including phenoxy) is 1. The van der Waals surface area contributed by atoms with Gasteiger partial charge in [0.25, 0.3) is 0 Å². The molecule has 2 aliphatic rings. The number of hydrogen-bond acceptors (Lipinski definition) is 7. The van der Waals surface area contributed by atoms with E-state index in [1.165, 1.54) is 20.0 Å². The standard InChI is InChI=1S/C26H27Cl2N5O2S/c1-35-23(34)11-9-21-25-30-31-26(36-15-14-32-12-4-5-13-32)33(25)22-10-8-17(27)16-19(22)24(29-21)18-6-2-3-7-20(18)28/h2-3,6-8,10,16,21H,4-5,9,11-15H2,1H3/t21-/m0/s1. The lowest BCUT2D eigenvalue weighted by molar-refractivity contribution is -0.140. The van der Waals surface area contributed by atoms with Gasteiger partial charge in [0.05, 0.1) is 18.5 Å². The van der Waals surface area contributed by atoms with Crippen LogP contribution in [0.25, 0.3) is 5.69 Å². The molecule has 0 saturated carbocycles. The molecule has 3 aromatic rings. The van der Waals surface area contributed by atoms with Gasteiger partial charge in [0.1, 0.15) is 6.04 Å². The number of fused-ring (bicyclic) bond motifs is 3. The van der Waals surface area contributed by atoms with Gasteiger partial charge in [0.2, 0.25) is 0 Å². The van der Waals surface area contributed by atoms with E-state index in [0.717, 1.165) is 47.4 Å². The number of aromatic nitrogens is 3. The molecule has 1 saturated heterocycles. The van der Waals surface area contributed by atoms with E-state index in [9.17, 15) is 4.79 Å². The second-order valence-electron chi connectivity index (χ2n) is 8.82. The molecule has 5 rings (SSSR count). The number of carbonyl (C=O) groups excluding carboxylic acids is 1. The molecule has 1 fully saturated rings. The Hall–Kier alpha value is -2.39. The first-order valence-electron chi connectivity index (χ1n) is 12.1. The minimum Gasteiger partial charge on any atom is -0.469 e. The monoisotopic (exact) mass is 543 g/mol. The number of likely N-dealkylation sites (tertiary alicyclic amines) is 1. The largest absolute Gasteiger partial charge is 0.469 e. The number of rotatable bonds is 8. The van der Waals surface area contributed by atoms with Gasteiger partial charge in [0.15, 0.2) is 11.0 Å². The van der Waals surface area contributed by atoms with Crippen molar-refractivity contribution < 1.29 is 9.53 Å². The lowest BCUT2D eigenvalue weighted by Crippen LogP contribution is -2.22. The summed E-state index contributed by atoms with van der Waals surface area (Å²) in [5, 5.41) is 11.1. The van der Waals surface area contributed by atoms with Crippen LogP contribution in [0.1, 0.15) is 48.7 Å². The summed E-state index contributed by atoms with van der Waals surface area (Å²) in [5.41, 5.74) is 3.25. The number of benzene rings is 2. The highest BCUT2D eigenvalue weighted by atomic mass is 35.5. The maximum absolute atomic E-state index is 12.0. The van der Waals surface area contributed by atoms with Gasteiger partial charge in [-0.1, -0.05) is 53.2 Å². The van der Waals surface area contributed by atoms with Gasteiger partial charge in [-0.3, -0.25) is 14.4 Å².